The summed E-state index contributed by atoms with van der Waals surface area (Å²) in [6.45, 7) is 4.60. The molecule has 0 amide bonds. The lowest BCUT2D eigenvalue weighted by Crippen LogP contribution is -2.27. The van der Waals surface area contributed by atoms with E-state index in [0.717, 1.165) is 6.04 Å². The fraction of sp³-hybridized carbons (Fsp3) is 0.769. The van der Waals surface area contributed by atoms with Crippen molar-refractivity contribution in [3.8, 4) is 0 Å². The molecule has 16 heavy (non-hydrogen) atoms. The number of hydrogen-bond donors (Lipinski definition) is 1. The molecule has 1 unspecified atom stereocenters. The van der Waals surface area contributed by atoms with Gasteiger partial charge >= 0.3 is 0 Å². The minimum absolute atomic E-state index is 0.489. The van der Waals surface area contributed by atoms with Crippen LogP contribution in [-0.4, -0.2) is 11.0 Å². The van der Waals surface area contributed by atoms with Crippen LogP contribution in [0.15, 0.2) is 0 Å². The number of fused-ring (bicyclic) bond motifs is 1. The Balaban J connectivity index is 1.80. The van der Waals surface area contributed by atoms with Gasteiger partial charge in [0.05, 0.1) is 11.7 Å². The number of thiazole rings is 1. The van der Waals surface area contributed by atoms with Gasteiger partial charge in [0.15, 0.2) is 0 Å². The number of rotatable bonds is 4. The van der Waals surface area contributed by atoms with Crippen molar-refractivity contribution in [2.45, 2.75) is 58.0 Å². The predicted octanol–water partition coefficient (Wildman–Crippen LogP) is 3.08. The molecule has 0 radical (unpaired) electrons. The van der Waals surface area contributed by atoms with Gasteiger partial charge in [-0.15, -0.1) is 11.3 Å². The Morgan fingerprint density at radius 3 is 2.75 bits per heavy atom. The molecule has 2 aliphatic rings. The van der Waals surface area contributed by atoms with E-state index in [9.17, 15) is 0 Å². The summed E-state index contributed by atoms with van der Waals surface area (Å²) in [5.74, 6) is 0.645. The fourth-order valence-electron chi connectivity index (χ4n) is 2.40. The Hall–Kier alpha value is -0.410. The maximum Gasteiger partial charge on any atom is 0.110 e. The Bertz CT molecular complexity index is 358. The highest BCUT2D eigenvalue weighted by Gasteiger charge is 2.30. The summed E-state index contributed by atoms with van der Waals surface area (Å²) in [7, 11) is 0. The van der Waals surface area contributed by atoms with Crippen molar-refractivity contribution in [2.24, 2.45) is 5.92 Å². The van der Waals surface area contributed by atoms with Gasteiger partial charge in [-0.1, -0.05) is 13.8 Å². The first-order valence-corrected chi connectivity index (χ1v) is 7.30. The first kappa shape index (κ1) is 10.7. The highest BCUT2D eigenvalue weighted by atomic mass is 32.1. The lowest BCUT2D eigenvalue weighted by molar-refractivity contribution is 0.407. The molecule has 1 N–H and O–H groups in total. The van der Waals surface area contributed by atoms with Gasteiger partial charge in [0.2, 0.25) is 0 Å². The van der Waals surface area contributed by atoms with E-state index in [1.165, 1.54) is 42.8 Å². The normalized spacial score (nSPS) is 21.4. The summed E-state index contributed by atoms with van der Waals surface area (Å²) in [6, 6.07) is 1.26. The molecule has 1 atom stereocenters. The van der Waals surface area contributed by atoms with Crippen LogP contribution in [0.4, 0.5) is 0 Å². The molecule has 2 nitrogen and oxygen atoms in total. The van der Waals surface area contributed by atoms with Crippen LogP contribution in [0.2, 0.25) is 0 Å². The van der Waals surface area contributed by atoms with Gasteiger partial charge in [-0.2, -0.15) is 0 Å². The van der Waals surface area contributed by atoms with Gasteiger partial charge in [0, 0.05) is 10.9 Å². The van der Waals surface area contributed by atoms with Gasteiger partial charge in [-0.05, 0) is 38.0 Å². The van der Waals surface area contributed by atoms with Crippen molar-refractivity contribution in [1.29, 1.82) is 0 Å². The van der Waals surface area contributed by atoms with Crippen molar-refractivity contribution in [3.05, 3.63) is 15.6 Å². The molecule has 1 aromatic rings. The first-order chi connectivity index (χ1) is 7.74. The van der Waals surface area contributed by atoms with E-state index in [1.54, 1.807) is 4.88 Å². The largest absolute Gasteiger partial charge is 0.305 e. The zero-order valence-corrected chi connectivity index (χ0v) is 10.9. The Morgan fingerprint density at radius 1 is 1.31 bits per heavy atom. The summed E-state index contributed by atoms with van der Waals surface area (Å²) in [4.78, 5) is 6.40. The van der Waals surface area contributed by atoms with Crippen LogP contribution in [0, 0.1) is 5.92 Å². The Kier molecular flexibility index (Phi) is 2.76. The molecule has 3 heteroatoms. The maximum absolute atomic E-state index is 4.85. The molecule has 0 bridgehead atoms. The number of hydrogen-bond acceptors (Lipinski definition) is 3. The van der Waals surface area contributed by atoms with Crippen LogP contribution < -0.4 is 5.32 Å². The minimum atomic E-state index is 0.489. The standard InChI is InChI=1S/C13H20N2S/c1-8(2)12(14-9-6-7-9)13-15-10-4-3-5-11(10)16-13/h8-9,12,14H,3-7H2,1-2H3. The topological polar surface area (TPSA) is 24.9 Å². The molecule has 1 heterocycles. The summed E-state index contributed by atoms with van der Waals surface area (Å²) in [5.41, 5.74) is 1.39. The highest BCUT2D eigenvalue weighted by Crippen LogP contribution is 2.35. The zero-order valence-electron chi connectivity index (χ0n) is 10.1. The smallest absolute Gasteiger partial charge is 0.110 e. The van der Waals surface area contributed by atoms with Crippen LogP contribution in [0.1, 0.15) is 54.7 Å². The summed E-state index contributed by atoms with van der Waals surface area (Å²) < 4.78 is 0. The van der Waals surface area contributed by atoms with E-state index in [-0.39, 0.29) is 0 Å². The SMILES string of the molecule is CC(C)C(NC1CC1)c1nc2c(s1)CCC2. The molecule has 0 saturated heterocycles. The maximum atomic E-state index is 4.85. The lowest BCUT2D eigenvalue weighted by Gasteiger charge is -2.20. The van der Waals surface area contributed by atoms with E-state index < -0.39 is 0 Å². The number of nitrogens with one attached hydrogen (secondary N) is 1. The van der Waals surface area contributed by atoms with Gasteiger partial charge < -0.3 is 5.32 Å². The molecule has 1 saturated carbocycles. The molecular formula is C13H20N2S. The van der Waals surface area contributed by atoms with Gasteiger partial charge in [0.1, 0.15) is 5.01 Å². The van der Waals surface area contributed by atoms with Gasteiger partial charge in [-0.3, -0.25) is 0 Å². The van der Waals surface area contributed by atoms with Crippen molar-refractivity contribution in [2.75, 3.05) is 0 Å². The summed E-state index contributed by atoms with van der Waals surface area (Å²) >= 11 is 1.95. The lowest BCUT2D eigenvalue weighted by atomic mass is 10.1. The van der Waals surface area contributed by atoms with E-state index in [4.69, 9.17) is 4.98 Å². The van der Waals surface area contributed by atoms with Crippen molar-refractivity contribution in [1.82, 2.24) is 10.3 Å². The number of aryl methyl sites for hydroxylation is 2. The second kappa shape index (κ2) is 4.11. The van der Waals surface area contributed by atoms with E-state index in [1.807, 2.05) is 11.3 Å². The highest BCUT2D eigenvalue weighted by molar-refractivity contribution is 7.11. The third kappa shape index (κ3) is 2.03. The van der Waals surface area contributed by atoms with E-state index in [2.05, 4.69) is 19.2 Å². The van der Waals surface area contributed by atoms with Crippen molar-refractivity contribution < 1.29 is 0 Å². The molecular weight excluding hydrogens is 216 g/mol. The summed E-state index contributed by atoms with van der Waals surface area (Å²) in [5, 5.41) is 5.08. The van der Waals surface area contributed by atoms with Crippen LogP contribution in [0.25, 0.3) is 0 Å². The second-order valence-corrected chi connectivity index (χ2v) is 6.55. The van der Waals surface area contributed by atoms with Crippen LogP contribution in [-0.2, 0) is 12.8 Å². The average Bonchev–Trinajstić information content (AvgIpc) is 2.79. The molecule has 1 aromatic heterocycles. The molecule has 3 rings (SSSR count). The number of nitrogens with zero attached hydrogens (tertiary/aromatic N) is 1. The summed E-state index contributed by atoms with van der Waals surface area (Å²) in [6.07, 6.45) is 6.50. The molecule has 0 aliphatic heterocycles. The molecule has 2 aliphatic carbocycles. The molecule has 0 aromatic carbocycles. The zero-order chi connectivity index (χ0) is 11.1. The quantitative estimate of drug-likeness (QED) is 0.869. The van der Waals surface area contributed by atoms with Crippen LogP contribution >= 0.6 is 11.3 Å². The van der Waals surface area contributed by atoms with Crippen molar-refractivity contribution in [3.63, 3.8) is 0 Å². The number of aromatic nitrogens is 1. The predicted molar refractivity (Wildman–Crippen MR) is 67.9 cm³/mol. The third-order valence-corrected chi connectivity index (χ3v) is 4.78. The Labute approximate surface area is 101 Å². The van der Waals surface area contributed by atoms with Crippen LogP contribution in [0.5, 0.6) is 0 Å². The monoisotopic (exact) mass is 236 g/mol. The van der Waals surface area contributed by atoms with Gasteiger partial charge in [-0.25, -0.2) is 4.98 Å². The van der Waals surface area contributed by atoms with E-state index in [0.29, 0.717) is 12.0 Å². The molecule has 0 spiro atoms. The second-order valence-electron chi connectivity index (χ2n) is 5.44. The minimum Gasteiger partial charge on any atom is -0.305 e. The first-order valence-electron chi connectivity index (χ1n) is 6.48. The van der Waals surface area contributed by atoms with Crippen molar-refractivity contribution >= 4 is 11.3 Å². The van der Waals surface area contributed by atoms with Crippen LogP contribution in [0.3, 0.4) is 0 Å². The molecule has 1 fully saturated rings. The average molecular weight is 236 g/mol. The molecule has 88 valence electrons. The van der Waals surface area contributed by atoms with E-state index >= 15 is 0 Å². The van der Waals surface area contributed by atoms with Gasteiger partial charge in [0.25, 0.3) is 0 Å². The fourth-order valence-corrected chi connectivity index (χ4v) is 3.78. The Morgan fingerprint density at radius 2 is 2.12 bits per heavy atom. The third-order valence-electron chi connectivity index (χ3n) is 3.54.